The van der Waals surface area contributed by atoms with Gasteiger partial charge < -0.3 is 0 Å². The SMILES string of the molecule is FC(F)(F)c1ccccc1N(Cl)Cl. The molecule has 0 fully saturated rings. The molecule has 0 aliphatic rings. The zero-order valence-electron chi connectivity index (χ0n) is 6.15. The molecule has 0 saturated carbocycles. The minimum atomic E-state index is -4.45. The number of hydrogen-bond acceptors (Lipinski definition) is 1. The van der Waals surface area contributed by atoms with Crippen LogP contribution < -0.4 is 3.94 Å². The van der Waals surface area contributed by atoms with Gasteiger partial charge in [0.15, 0.2) is 0 Å². The predicted octanol–water partition coefficient (Wildman–Crippen LogP) is 3.82. The lowest BCUT2D eigenvalue weighted by atomic mass is 10.2. The normalized spacial score (nSPS) is 11.5. The Hall–Kier alpha value is -0.610. The van der Waals surface area contributed by atoms with E-state index in [9.17, 15) is 13.2 Å². The Bertz CT molecular complexity index is 298. The Balaban J connectivity index is 3.20. The van der Waals surface area contributed by atoms with Crippen LogP contribution in [0.3, 0.4) is 0 Å². The van der Waals surface area contributed by atoms with E-state index in [0.717, 1.165) is 6.07 Å². The number of para-hydroxylation sites is 1. The van der Waals surface area contributed by atoms with Crippen molar-refractivity contribution in [3.05, 3.63) is 29.8 Å². The number of benzene rings is 1. The van der Waals surface area contributed by atoms with Gasteiger partial charge in [0.2, 0.25) is 0 Å². The summed E-state index contributed by atoms with van der Waals surface area (Å²) in [6, 6.07) is 4.78. The van der Waals surface area contributed by atoms with E-state index in [1.807, 2.05) is 0 Å². The Kier molecular flexibility index (Phi) is 2.93. The average Bonchev–Trinajstić information content (AvgIpc) is 2.03. The molecule has 1 aromatic carbocycles. The van der Waals surface area contributed by atoms with E-state index in [-0.39, 0.29) is 5.69 Å². The first kappa shape index (κ1) is 10.5. The standard InChI is InChI=1S/C7H4Cl2F3N/c8-13(9)6-4-2-1-3-5(6)7(10,11)12/h1-4H. The van der Waals surface area contributed by atoms with Crippen LogP contribution in [0.1, 0.15) is 5.56 Å². The van der Waals surface area contributed by atoms with Gasteiger partial charge in [-0.25, -0.2) is 0 Å². The van der Waals surface area contributed by atoms with E-state index in [1.165, 1.54) is 18.2 Å². The maximum atomic E-state index is 12.3. The fourth-order valence-electron chi connectivity index (χ4n) is 0.861. The van der Waals surface area contributed by atoms with Gasteiger partial charge in [-0.1, -0.05) is 12.1 Å². The predicted molar refractivity (Wildman–Crippen MR) is 45.6 cm³/mol. The molecule has 0 radical (unpaired) electrons. The van der Waals surface area contributed by atoms with Crippen molar-refractivity contribution >= 4 is 29.2 Å². The third-order valence-corrected chi connectivity index (χ3v) is 1.76. The number of hydrogen-bond donors (Lipinski definition) is 0. The van der Waals surface area contributed by atoms with E-state index in [2.05, 4.69) is 0 Å². The highest BCUT2D eigenvalue weighted by Gasteiger charge is 2.34. The van der Waals surface area contributed by atoms with E-state index in [4.69, 9.17) is 23.6 Å². The maximum absolute atomic E-state index is 12.3. The Morgan fingerprint density at radius 2 is 1.62 bits per heavy atom. The molecule has 1 aromatic rings. The summed E-state index contributed by atoms with van der Waals surface area (Å²) in [5.74, 6) is 0. The van der Waals surface area contributed by atoms with Gasteiger partial charge in [0.1, 0.15) is 0 Å². The van der Waals surface area contributed by atoms with Gasteiger partial charge in [0, 0.05) is 23.6 Å². The smallest absolute Gasteiger partial charge is 0.193 e. The zero-order chi connectivity index (χ0) is 10.1. The summed E-state index contributed by atoms with van der Waals surface area (Å²) in [7, 11) is 0. The number of rotatable bonds is 1. The minimum Gasteiger partial charge on any atom is -0.193 e. The molecule has 0 amide bonds. The molecule has 0 aliphatic heterocycles. The maximum Gasteiger partial charge on any atom is 0.418 e. The summed E-state index contributed by atoms with van der Waals surface area (Å²) in [5, 5.41) is 0. The van der Waals surface area contributed by atoms with Gasteiger partial charge in [0.05, 0.1) is 11.3 Å². The molecule has 0 heterocycles. The second-order valence-electron chi connectivity index (χ2n) is 2.25. The van der Waals surface area contributed by atoms with Crippen molar-refractivity contribution in [2.45, 2.75) is 6.18 Å². The summed E-state index contributed by atoms with van der Waals surface area (Å²) in [6.45, 7) is 0. The van der Waals surface area contributed by atoms with Crippen LogP contribution in [0.15, 0.2) is 24.3 Å². The molecule has 0 aromatic heterocycles. The molecule has 0 unspecified atom stereocenters. The minimum absolute atomic E-state index is 0.279. The average molecular weight is 230 g/mol. The lowest BCUT2D eigenvalue weighted by Gasteiger charge is -2.13. The van der Waals surface area contributed by atoms with Crippen molar-refractivity contribution in [3.8, 4) is 0 Å². The lowest BCUT2D eigenvalue weighted by Crippen LogP contribution is -2.09. The highest BCUT2D eigenvalue weighted by Crippen LogP contribution is 2.37. The number of anilines is 1. The molecule has 0 spiro atoms. The van der Waals surface area contributed by atoms with Crippen molar-refractivity contribution in [2.75, 3.05) is 3.94 Å². The first-order valence-corrected chi connectivity index (χ1v) is 3.88. The monoisotopic (exact) mass is 229 g/mol. The van der Waals surface area contributed by atoms with Crippen molar-refractivity contribution < 1.29 is 13.2 Å². The third-order valence-electron chi connectivity index (χ3n) is 1.39. The van der Waals surface area contributed by atoms with Crippen LogP contribution in [0.5, 0.6) is 0 Å². The van der Waals surface area contributed by atoms with Gasteiger partial charge in [0.25, 0.3) is 0 Å². The first-order chi connectivity index (χ1) is 5.93. The first-order valence-electron chi connectivity index (χ1n) is 3.21. The summed E-state index contributed by atoms with van der Waals surface area (Å²) in [5.41, 5.74) is -1.14. The third kappa shape index (κ3) is 2.42. The summed E-state index contributed by atoms with van der Waals surface area (Å²) >= 11 is 10.4. The van der Waals surface area contributed by atoms with Crippen LogP contribution in [0.25, 0.3) is 0 Å². The number of alkyl halides is 3. The molecule has 0 bridgehead atoms. The quantitative estimate of drug-likeness (QED) is 0.663. The second kappa shape index (κ2) is 3.64. The molecular formula is C7H4Cl2F3N. The molecule has 0 aliphatic carbocycles. The van der Waals surface area contributed by atoms with Crippen LogP contribution in [-0.2, 0) is 6.18 Å². The van der Waals surface area contributed by atoms with Crippen LogP contribution >= 0.6 is 23.6 Å². The largest absolute Gasteiger partial charge is 0.418 e. The highest BCUT2D eigenvalue weighted by atomic mass is 35.5. The molecule has 72 valence electrons. The van der Waals surface area contributed by atoms with Gasteiger partial charge >= 0.3 is 6.18 Å². The lowest BCUT2D eigenvalue weighted by molar-refractivity contribution is -0.137. The van der Waals surface area contributed by atoms with E-state index >= 15 is 0 Å². The topological polar surface area (TPSA) is 3.24 Å². The molecule has 0 N–H and O–H groups in total. The van der Waals surface area contributed by atoms with Gasteiger partial charge in [-0.05, 0) is 12.1 Å². The Morgan fingerprint density at radius 1 is 1.08 bits per heavy atom. The van der Waals surface area contributed by atoms with Crippen LogP contribution in [0, 0.1) is 0 Å². The fourth-order valence-corrected chi connectivity index (χ4v) is 1.16. The summed E-state index contributed by atoms with van der Waals surface area (Å²) in [4.78, 5) is 0. The summed E-state index contributed by atoms with van der Waals surface area (Å²) in [6.07, 6.45) is -4.45. The van der Waals surface area contributed by atoms with Gasteiger partial charge in [-0.15, -0.1) is 0 Å². The van der Waals surface area contributed by atoms with Crippen LogP contribution in [0.4, 0.5) is 18.9 Å². The number of halogens is 5. The van der Waals surface area contributed by atoms with Crippen LogP contribution in [-0.4, -0.2) is 0 Å². The van der Waals surface area contributed by atoms with E-state index < -0.39 is 11.7 Å². The summed E-state index contributed by atoms with van der Waals surface area (Å²) < 4.78 is 37.2. The van der Waals surface area contributed by atoms with Crippen molar-refractivity contribution in [3.63, 3.8) is 0 Å². The molecule has 0 atom stereocenters. The molecular weight excluding hydrogens is 226 g/mol. The molecule has 0 saturated heterocycles. The zero-order valence-corrected chi connectivity index (χ0v) is 7.66. The molecule has 6 heteroatoms. The fraction of sp³-hybridized carbons (Fsp3) is 0.143. The Labute approximate surface area is 82.9 Å². The van der Waals surface area contributed by atoms with E-state index in [0.29, 0.717) is 3.94 Å². The number of nitrogens with zero attached hydrogens (tertiary/aromatic N) is 1. The molecule has 1 nitrogen and oxygen atoms in total. The van der Waals surface area contributed by atoms with Crippen molar-refractivity contribution in [1.29, 1.82) is 0 Å². The van der Waals surface area contributed by atoms with E-state index in [1.54, 1.807) is 0 Å². The van der Waals surface area contributed by atoms with Gasteiger partial charge in [-0.2, -0.15) is 17.1 Å². The molecule has 13 heavy (non-hydrogen) atoms. The second-order valence-corrected chi connectivity index (χ2v) is 3.10. The Morgan fingerprint density at radius 3 is 2.00 bits per heavy atom. The van der Waals surface area contributed by atoms with Gasteiger partial charge in [-0.3, -0.25) is 0 Å². The van der Waals surface area contributed by atoms with Crippen molar-refractivity contribution in [2.24, 2.45) is 0 Å². The van der Waals surface area contributed by atoms with Crippen molar-refractivity contribution in [1.82, 2.24) is 0 Å². The molecule has 1 rings (SSSR count). The van der Waals surface area contributed by atoms with Crippen LogP contribution in [0.2, 0.25) is 0 Å². The highest BCUT2D eigenvalue weighted by molar-refractivity contribution is 6.49.